The summed E-state index contributed by atoms with van der Waals surface area (Å²) < 4.78 is 67.4. The van der Waals surface area contributed by atoms with Gasteiger partial charge in [-0.3, -0.25) is 4.79 Å². The van der Waals surface area contributed by atoms with Crippen LogP contribution in [0.1, 0.15) is 10.4 Å². The van der Waals surface area contributed by atoms with Gasteiger partial charge in [0.1, 0.15) is 6.54 Å². The summed E-state index contributed by atoms with van der Waals surface area (Å²) in [5.41, 5.74) is -0.0653. The molecule has 0 unspecified atom stereocenters. The van der Waals surface area contributed by atoms with Gasteiger partial charge >= 0.3 is 6.18 Å². The van der Waals surface area contributed by atoms with E-state index in [0.29, 0.717) is 19.7 Å². The molecule has 0 fully saturated rings. The van der Waals surface area contributed by atoms with Crippen molar-refractivity contribution in [1.29, 1.82) is 0 Å². The van der Waals surface area contributed by atoms with Gasteiger partial charge in [0, 0.05) is 32.3 Å². The predicted molar refractivity (Wildman–Crippen MR) is 84.8 cm³/mol. The van der Waals surface area contributed by atoms with Crippen LogP contribution in [-0.2, 0) is 14.8 Å². The number of methoxy groups -OCH3 is 1. The first kappa shape index (κ1) is 21.4. The molecule has 0 aliphatic heterocycles. The third-order valence-corrected chi connectivity index (χ3v) is 4.43. The second kappa shape index (κ2) is 9.70. The molecule has 1 rings (SSSR count). The van der Waals surface area contributed by atoms with E-state index in [1.807, 2.05) is 0 Å². The summed E-state index contributed by atoms with van der Waals surface area (Å²) in [5, 5.41) is 4.67. The van der Waals surface area contributed by atoms with Gasteiger partial charge in [-0.2, -0.15) is 13.2 Å². The van der Waals surface area contributed by atoms with Crippen molar-refractivity contribution in [1.82, 2.24) is 15.4 Å². The van der Waals surface area contributed by atoms with Crippen LogP contribution in [0.15, 0.2) is 29.2 Å². The quantitative estimate of drug-likeness (QED) is 0.511. The number of benzene rings is 1. The highest BCUT2D eigenvalue weighted by molar-refractivity contribution is 7.89. The Bertz CT molecular complexity index is 648. The van der Waals surface area contributed by atoms with Gasteiger partial charge < -0.3 is 15.4 Å². The number of hydrogen-bond acceptors (Lipinski definition) is 5. The maximum Gasteiger partial charge on any atom is 0.405 e. The molecule has 0 saturated carbocycles. The molecule has 0 aromatic heterocycles. The highest BCUT2D eigenvalue weighted by atomic mass is 32.2. The molecule has 1 aromatic rings. The molecule has 0 saturated heterocycles. The predicted octanol–water partition coefficient (Wildman–Crippen LogP) is 0.493. The topological polar surface area (TPSA) is 96.5 Å². The Kier molecular flexibility index (Phi) is 8.29. The highest BCUT2D eigenvalue weighted by Gasteiger charge is 2.28. The fourth-order valence-corrected chi connectivity index (χ4v) is 2.76. The molecule has 142 valence electrons. The molecular formula is C14H20F3N3O4S. The van der Waals surface area contributed by atoms with Gasteiger partial charge in [-0.25, -0.2) is 13.1 Å². The lowest BCUT2D eigenvalue weighted by molar-refractivity contribution is -0.123. The smallest absolute Gasteiger partial charge is 0.383 e. The van der Waals surface area contributed by atoms with Crippen LogP contribution in [-0.4, -0.2) is 60.4 Å². The van der Waals surface area contributed by atoms with E-state index < -0.39 is 28.7 Å². The molecule has 11 heteroatoms. The SMILES string of the molecule is COCCNCCNS(=O)(=O)c1ccc(C(=O)NCC(F)(F)F)cc1. The molecule has 0 spiro atoms. The van der Waals surface area contributed by atoms with E-state index in [2.05, 4.69) is 10.0 Å². The van der Waals surface area contributed by atoms with E-state index in [0.717, 1.165) is 24.3 Å². The van der Waals surface area contributed by atoms with Crippen LogP contribution < -0.4 is 15.4 Å². The largest absolute Gasteiger partial charge is 0.405 e. The number of ether oxygens (including phenoxy) is 1. The highest BCUT2D eigenvalue weighted by Crippen LogP contribution is 2.14. The summed E-state index contributed by atoms with van der Waals surface area (Å²) in [6.07, 6.45) is -4.51. The molecular weight excluding hydrogens is 363 g/mol. The maximum atomic E-state index is 12.1. The molecule has 1 amide bonds. The zero-order valence-corrected chi connectivity index (χ0v) is 14.3. The number of carbonyl (C=O) groups excluding carboxylic acids is 1. The van der Waals surface area contributed by atoms with Crippen molar-refractivity contribution >= 4 is 15.9 Å². The van der Waals surface area contributed by atoms with Gasteiger partial charge in [0.25, 0.3) is 5.91 Å². The Balaban J connectivity index is 2.55. The van der Waals surface area contributed by atoms with Crippen molar-refractivity contribution in [3.05, 3.63) is 29.8 Å². The molecule has 1 aromatic carbocycles. The van der Waals surface area contributed by atoms with Gasteiger partial charge in [0.15, 0.2) is 0 Å². The van der Waals surface area contributed by atoms with Crippen molar-refractivity contribution in [2.24, 2.45) is 0 Å². The van der Waals surface area contributed by atoms with Crippen molar-refractivity contribution in [2.75, 3.05) is 39.9 Å². The van der Waals surface area contributed by atoms with Gasteiger partial charge in [-0.1, -0.05) is 0 Å². The van der Waals surface area contributed by atoms with Gasteiger partial charge in [0.05, 0.1) is 11.5 Å². The van der Waals surface area contributed by atoms with E-state index in [9.17, 15) is 26.4 Å². The first-order chi connectivity index (χ1) is 11.7. The van der Waals surface area contributed by atoms with Crippen LogP contribution in [0, 0.1) is 0 Å². The summed E-state index contributed by atoms with van der Waals surface area (Å²) in [5.74, 6) is -0.934. The molecule has 0 aliphatic rings. The second-order valence-corrected chi connectivity index (χ2v) is 6.73. The van der Waals surface area contributed by atoms with Crippen LogP contribution in [0.25, 0.3) is 0 Å². The van der Waals surface area contributed by atoms with Crippen molar-refractivity contribution in [2.45, 2.75) is 11.1 Å². The molecule has 0 heterocycles. The zero-order chi connectivity index (χ0) is 18.9. The molecule has 0 aliphatic carbocycles. The van der Waals surface area contributed by atoms with Gasteiger partial charge in [-0.05, 0) is 24.3 Å². The lowest BCUT2D eigenvalue weighted by Gasteiger charge is -2.10. The minimum atomic E-state index is -4.51. The van der Waals surface area contributed by atoms with E-state index in [1.165, 1.54) is 0 Å². The number of amides is 1. The number of carbonyl (C=O) groups is 1. The molecule has 0 radical (unpaired) electrons. The van der Waals surface area contributed by atoms with Gasteiger partial charge in [0.2, 0.25) is 10.0 Å². The number of halogens is 3. The van der Waals surface area contributed by atoms with Crippen molar-refractivity contribution < 1.29 is 31.1 Å². The number of alkyl halides is 3. The average molecular weight is 383 g/mol. The van der Waals surface area contributed by atoms with Crippen LogP contribution in [0.5, 0.6) is 0 Å². The van der Waals surface area contributed by atoms with Gasteiger partial charge in [-0.15, -0.1) is 0 Å². The third-order valence-electron chi connectivity index (χ3n) is 2.95. The number of rotatable bonds is 10. The fourth-order valence-electron chi connectivity index (χ4n) is 1.72. The maximum absolute atomic E-state index is 12.1. The van der Waals surface area contributed by atoms with Crippen molar-refractivity contribution in [3.8, 4) is 0 Å². The van der Waals surface area contributed by atoms with Crippen LogP contribution in [0.2, 0.25) is 0 Å². The summed E-state index contributed by atoms with van der Waals surface area (Å²) in [7, 11) is -2.21. The first-order valence-electron chi connectivity index (χ1n) is 7.30. The molecule has 0 atom stereocenters. The number of sulfonamides is 1. The normalized spacial score (nSPS) is 12.2. The van der Waals surface area contributed by atoms with Crippen molar-refractivity contribution in [3.63, 3.8) is 0 Å². The second-order valence-electron chi connectivity index (χ2n) is 4.96. The minimum Gasteiger partial charge on any atom is -0.383 e. The Morgan fingerprint density at radius 2 is 1.76 bits per heavy atom. The summed E-state index contributed by atoms with van der Waals surface area (Å²) >= 11 is 0. The van der Waals surface area contributed by atoms with Crippen LogP contribution in [0.4, 0.5) is 13.2 Å². The zero-order valence-electron chi connectivity index (χ0n) is 13.5. The fraction of sp³-hybridized carbons (Fsp3) is 0.500. The molecule has 25 heavy (non-hydrogen) atoms. The first-order valence-corrected chi connectivity index (χ1v) is 8.78. The van der Waals surface area contributed by atoms with E-state index in [4.69, 9.17) is 4.74 Å². The summed E-state index contributed by atoms with van der Waals surface area (Å²) in [6.45, 7) is 0.189. The van der Waals surface area contributed by atoms with Crippen LogP contribution >= 0.6 is 0 Å². The Labute approximate surface area is 144 Å². The molecule has 0 bridgehead atoms. The lowest BCUT2D eigenvalue weighted by atomic mass is 10.2. The van der Waals surface area contributed by atoms with E-state index >= 15 is 0 Å². The standard InChI is InChI=1S/C14H20F3N3O4S/c1-24-9-8-18-6-7-20-25(22,23)12-4-2-11(3-5-12)13(21)19-10-14(15,16)17/h2-5,18,20H,6-10H2,1H3,(H,19,21). The van der Waals surface area contributed by atoms with Crippen LogP contribution in [0.3, 0.4) is 0 Å². The minimum absolute atomic E-state index is 0.0653. The number of nitrogens with one attached hydrogen (secondary N) is 3. The average Bonchev–Trinajstić information content (AvgIpc) is 2.55. The van der Waals surface area contributed by atoms with E-state index in [1.54, 1.807) is 12.4 Å². The number of hydrogen-bond donors (Lipinski definition) is 3. The molecule has 3 N–H and O–H groups in total. The Morgan fingerprint density at radius 1 is 1.12 bits per heavy atom. The summed E-state index contributed by atoms with van der Waals surface area (Å²) in [4.78, 5) is 11.5. The molecule has 7 nitrogen and oxygen atoms in total. The summed E-state index contributed by atoms with van der Waals surface area (Å²) in [6, 6.07) is 4.61. The lowest BCUT2D eigenvalue weighted by Crippen LogP contribution is -2.34. The Morgan fingerprint density at radius 3 is 2.32 bits per heavy atom. The monoisotopic (exact) mass is 383 g/mol. The Hall–Kier alpha value is -1.69. The third kappa shape index (κ3) is 8.29. The van der Waals surface area contributed by atoms with E-state index in [-0.39, 0.29) is 17.0 Å².